The van der Waals surface area contributed by atoms with Crippen LogP contribution in [0.25, 0.3) is 0 Å². The van der Waals surface area contributed by atoms with Crippen LogP contribution in [-0.4, -0.2) is 5.97 Å². The molecule has 2 unspecified atom stereocenters. The summed E-state index contributed by atoms with van der Waals surface area (Å²) in [5, 5.41) is 0. The number of rotatable bonds is 5. The second kappa shape index (κ2) is 5.94. The summed E-state index contributed by atoms with van der Waals surface area (Å²) in [6.45, 7) is 5.93. The van der Waals surface area contributed by atoms with Crippen LogP contribution in [0.4, 0.5) is 0 Å². The number of unbranched alkanes of at least 4 members (excludes halogenated alkanes) is 2. The van der Waals surface area contributed by atoms with Gasteiger partial charge in [-0.2, -0.15) is 0 Å². The van der Waals surface area contributed by atoms with Gasteiger partial charge in [0.2, 0.25) is 0 Å². The number of ether oxygens (including phenoxy) is 1. The van der Waals surface area contributed by atoms with Gasteiger partial charge in [0.1, 0.15) is 5.76 Å². The van der Waals surface area contributed by atoms with Crippen LogP contribution in [0.3, 0.4) is 0 Å². The summed E-state index contributed by atoms with van der Waals surface area (Å²) in [5.41, 5.74) is 0. The predicted molar refractivity (Wildman–Crippen MR) is 61.3 cm³/mol. The molecule has 0 aromatic heterocycles. The van der Waals surface area contributed by atoms with Gasteiger partial charge in [-0.15, -0.1) is 0 Å². The van der Waals surface area contributed by atoms with E-state index < -0.39 is 0 Å². The zero-order valence-corrected chi connectivity index (χ0v) is 10.1. The lowest BCUT2D eigenvalue weighted by Gasteiger charge is -2.18. The minimum atomic E-state index is -0.184. The Kier molecular flexibility index (Phi) is 4.86. The van der Waals surface area contributed by atoms with Crippen LogP contribution >= 0.6 is 0 Å². The molecule has 0 radical (unpaired) electrons. The first-order valence-electron chi connectivity index (χ1n) is 6.03. The topological polar surface area (TPSA) is 26.3 Å². The fourth-order valence-corrected chi connectivity index (χ4v) is 2.22. The van der Waals surface area contributed by atoms with Gasteiger partial charge in [0, 0.05) is 12.8 Å². The number of hydrogen-bond donors (Lipinski definition) is 0. The van der Waals surface area contributed by atoms with Crippen molar-refractivity contribution in [3.8, 4) is 0 Å². The van der Waals surface area contributed by atoms with E-state index in [1.54, 1.807) is 0 Å². The first-order valence-corrected chi connectivity index (χ1v) is 6.03. The van der Waals surface area contributed by atoms with Crippen molar-refractivity contribution in [2.24, 2.45) is 11.8 Å². The average molecular weight is 210 g/mol. The van der Waals surface area contributed by atoms with Crippen molar-refractivity contribution >= 4 is 5.97 Å². The van der Waals surface area contributed by atoms with Crippen molar-refractivity contribution in [3.63, 3.8) is 0 Å². The van der Waals surface area contributed by atoms with Gasteiger partial charge in [0.05, 0.1) is 0 Å². The summed E-state index contributed by atoms with van der Waals surface area (Å²) in [7, 11) is 0. The van der Waals surface area contributed by atoms with E-state index >= 15 is 0 Å². The Hall–Kier alpha value is -0.790. The minimum absolute atomic E-state index is 0.184. The standard InChI is InChI=1S/C13H22O2/c1-4-5-6-7-12-10(2)8-9-13(12)15-11(3)14/h9-10,12H,4-8H2,1-3H3. The fourth-order valence-electron chi connectivity index (χ4n) is 2.22. The lowest BCUT2D eigenvalue weighted by Crippen LogP contribution is -2.12. The maximum atomic E-state index is 10.9. The van der Waals surface area contributed by atoms with E-state index in [0.29, 0.717) is 11.8 Å². The van der Waals surface area contributed by atoms with E-state index in [4.69, 9.17) is 4.74 Å². The SMILES string of the molecule is CCCCCC1C(OC(C)=O)=CCC1C. The van der Waals surface area contributed by atoms with Gasteiger partial charge < -0.3 is 4.74 Å². The number of allylic oxidation sites excluding steroid dienone is 2. The van der Waals surface area contributed by atoms with Crippen LogP contribution in [0.15, 0.2) is 11.8 Å². The van der Waals surface area contributed by atoms with Crippen molar-refractivity contribution in [2.75, 3.05) is 0 Å². The average Bonchev–Trinajstić information content (AvgIpc) is 2.49. The second-order valence-electron chi connectivity index (χ2n) is 4.52. The number of carbonyl (C=O) groups is 1. The van der Waals surface area contributed by atoms with Gasteiger partial charge in [-0.1, -0.05) is 33.1 Å². The first kappa shape index (κ1) is 12.3. The van der Waals surface area contributed by atoms with E-state index in [0.717, 1.165) is 18.6 Å². The van der Waals surface area contributed by atoms with Crippen LogP contribution in [0.1, 0.15) is 52.9 Å². The van der Waals surface area contributed by atoms with Crippen molar-refractivity contribution in [1.29, 1.82) is 0 Å². The summed E-state index contributed by atoms with van der Waals surface area (Å²) in [6, 6.07) is 0. The number of hydrogen-bond acceptors (Lipinski definition) is 2. The number of esters is 1. The molecule has 86 valence electrons. The molecule has 0 amide bonds. The quantitative estimate of drug-likeness (QED) is 0.511. The molecule has 0 spiro atoms. The largest absolute Gasteiger partial charge is 0.431 e. The summed E-state index contributed by atoms with van der Waals surface area (Å²) >= 11 is 0. The molecule has 1 aliphatic carbocycles. The highest BCUT2D eigenvalue weighted by Gasteiger charge is 2.28. The van der Waals surface area contributed by atoms with E-state index in [2.05, 4.69) is 19.9 Å². The Morgan fingerprint density at radius 3 is 2.87 bits per heavy atom. The lowest BCUT2D eigenvalue weighted by atomic mass is 9.91. The minimum Gasteiger partial charge on any atom is -0.431 e. The van der Waals surface area contributed by atoms with Crippen molar-refractivity contribution in [1.82, 2.24) is 0 Å². The smallest absolute Gasteiger partial charge is 0.307 e. The highest BCUT2D eigenvalue weighted by atomic mass is 16.5. The zero-order chi connectivity index (χ0) is 11.3. The van der Waals surface area contributed by atoms with Gasteiger partial charge in [-0.3, -0.25) is 4.79 Å². The summed E-state index contributed by atoms with van der Waals surface area (Å²) in [4.78, 5) is 10.9. The van der Waals surface area contributed by atoms with Gasteiger partial charge >= 0.3 is 5.97 Å². The Morgan fingerprint density at radius 2 is 2.27 bits per heavy atom. The normalized spacial score (nSPS) is 25.1. The molecule has 1 rings (SSSR count). The molecule has 0 saturated carbocycles. The van der Waals surface area contributed by atoms with Crippen LogP contribution < -0.4 is 0 Å². The third-order valence-corrected chi connectivity index (χ3v) is 3.12. The summed E-state index contributed by atoms with van der Waals surface area (Å²) < 4.78 is 5.25. The summed E-state index contributed by atoms with van der Waals surface area (Å²) in [6.07, 6.45) is 8.06. The van der Waals surface area contributed by atoms with Crippen LogP contribution in [0.5, 0.6) is 0 Å². The molecule has 15 heavy (non-hydrogen) atoms. The third-order valence-electron chi connectivity index (χ3n) is 3.12. The summed E-state index contributed by atoms with van der Waals surface area (Å²) in [5.74, 6) is 1.85. The van der Waals surface area contributed by atoms with E-state index in [1.807, 2.05) is 0 Å². The number of carbonyl (C=O) groups excluding carboxylic acids is 1. The molecule has 0 aromatic rings. The third kappa shape index (κ3) is 3.69. The molecular formula is C13H22O2. The first-order chi connectivity index (χ1) is 7.15. The molecular weight excluding hydrogens is 188 g/mol. The molecule has 0 aliphatic heterocycles. The highest BCUT2D eigenvalue weighted by molar-refractivity contribution is 5.67. The van der Waals surface area contributed by atoms with E-state index in [9.17, 15) is 4.79 Å². The van der Waals surface area contributed by atoms with Gasteiger partial charge in [0.25, 0.3) is 0 Å². The van der Waals surface area contributed by atoms with Crippen molar-refractivity contribution in [2.45, 2.75) is 52.9 Å². The monoisotopic (exact) mass is 210 g/mol. The van der Waals surface area contributed by atoms with Crippen molar-refractivity contribution < 1.29 is 9.53 Å². The Morgan fingerprint density at radius 1 is 1.53 bits per heavy atom. The fraction of sp³-hybridized carbons (Fsp3) is 0.769. The van der Waals surface area contributed by atoms with Gasteiger partial charge in [-0.05, 0) is 24.8 Å². The van der Waals surface area contributed by atoms with Crippen LogP contribution in [-0.2, 0) is 9.53 Å². The molecule has 2 heteroatoms. The second-order valence-corrected chi connectivity index (χ2v) is 4.52. The molecule has 2 nitrogen and oxygen atoms in total. The molecule has 2 atom stereocenters. The molecule has 0 fully saturated rings. The Bertz CT molecular complexity index is 243. The van der Waals surface area contributed by atoms with E-state index in [-0.39, 0.29) is 5.97 Å². The Labute approximate surface area is 92.7 Å². The molecule has 0 N–H and O–H groups in total. The van der Waals surface area contributed by atoms with Gasteiger partial charge in [0.15, 0.2) is 0 Å². The van der Waals surface area contributed by atoms with Crippen molar-refractivity contribution in [3.05, 3.63) is 11.8 Å². The highest BCUT2D eigenvalue weighted by Crippen LogP contribution is 2.36. The molecule has 0 bridgehead atoms. The van der Waals surface area contributed by atoms with E-state index in [1.165, 1.54) is 26.2 Å². The molecule has 0 aromatic carbocycles. The Balaban J connectivity index is 2.44. The predicted octanol–water partition coefficient (Wildman–Crippen LogP) is 3.67. The molecule has 0 saturated heterocycles. The zero-order valence-electron chi connectivity index (χ0n) is 10.1. The van der Waals surface area contributed by atoms with Crippen LogP contribution in [0, 0.1) is 11.8 Å². The van der Waals surface area contributed by atoms with Crippen LogP contribution in [0.2, 0.25) is 0 Å². The van der Waals surface area contributed by atoms with Gasteiger partial charge in [-0.25, -0.2) is 0 Å². The molecule has 0 heterocycles. The lowest BCUT2D eigenvalue weighted by molar-refractivity contribution is -0.137. The molecule has 1 aliphatic rings. The maximum Gasteiger partial charge on any atom is 0.307 e. The maximum absolute atomic E-state index is 10.9.